The third kappa shape index (κ3) is 5.93. The van der Waals surface area contributed by atoms with Crippen molar-refractivity contribution < 1.29 is 19.1 Å². The fourth-order valence-corrected chi connectivity index (χ4v) is 6.31. The summed E-state index contributed by atoms with van der Waals surface area (Å²) in [5.74, 6) is 0.790. The Bertz CT molecular complexity index is 1290. The number of hydrogen-bond donors (Lipinski definition) is 1. The van der Waals surface area contributed by atoms with E-state index in [1.165, 1.54) is 30.2 Å². The zero-order valence-corrected chi connectivity index (χ0v) is 22.5. The zero-order valence-electron chi connectivity index (χ0n) is 20.1. The highest BCUT2D eigenvalue weighted by atomic mass is 35.5. The molecule has 0 unspecified atom stereocenters. The van der Waals surface area contributed by atoms with Gasteiger partial charge in [0.25, 0.3) is 0 Å². The van der Waals surface area contributed by atoms with E-state index in [2.05, 4.69) is 22.1 Å². The topological polar surface area (TPSA) is 95.3 Å². The number of esters is 1. The number of aryl methyl sites for hydroxylation is 2. The lowest BCUT2D eigenvalue weighted by Crippen LogP contribution is -2.17. The molecule has 0 saturated heterocycles. The molecule has 36 heavy (non-hydrogen) atoms. The van der Waals surface area contributed by atoms with Crippen LogP contribution in [-0.4, -0.2) is 39.5 Å². The number of benzene rings is 1. The van der Waals surface area contributed by atoms with Gasteiger partial charge in [-0.1, -0.05) is 29.4 Å². The molecule has 3 aromatic rings. The summed E-state index contributed by atoms with van der Waals surface area (Å²) < 4.78 is 12.8. The Morgan fingerprint density at radius 1 is 1.31 bits per heavy atom. The van der Waals surface area contributed by atoms with E-state index in [9.17, 15) is 9.59 Å². The van der Waals surface area contributed by atoms with Crippen molar-refractivity contribution in [3.63, 3.8) is 0 Å². The number of amides is 1. The molecular weight excluding hydrogens is 520 g/mol. The second kappa shape index (κ2) is 11.9. The number of carbonyl (C=O) groups is 2. The van der Waals surface area contributed by atoms with Crippen molar-refractivity contribution in [2.24, 2.45) is 0 Å². The summed E-state index contributed by atoms with van der Waals surface area (Å²) in [7, 11) is 1.36. The number of halogens is 1. The van der Waals surface area contributed by atoms with Gasteiger partial charge < -0.3 is 14.8 Å². The number of aromatic nitrogens is 3. The molecule has 1 aromatic carbocycles. The number of ether oxygens (including phenoxy) is 2. The van der Waals surface area contributed by atoms with Gasteiger partial charge in [-0.2, -0.15) is 0 Å². The number of nitrogens with zero attached hydrogens (tertiary/aromatic N) is 3. The minimum absolute atomic E-state index is 0.107. The smallest absolute Gasteiger partial charge is 0.341 e. The summed E-state index contributed by atoms with van der Waals surface area (Å²) in [4.78, 5) is 26.4. The first-order valence-electron chi connectivity index (χ1n) is 11.5. The van der Waals surface area contributed by atoms with Gasteiger partial charge in [-0.15, -0.1) is 28.1 Å². The first kappa shape index (κ1) is 26.2. The molecule has 1 amide bonds. The molecule has 190 valence electrons. The molecule has 2 heterocycles. The van der Waals surface area contributed by atoms with Crippen LogP contribution in [0.4, 0.5) is 5.00 Å². The van der Waals surface area contributed by atoms with Gasteiger partial charge in [-0.25, -0.2) is 4.79 Å². The van der Waals surface area contributed by atoms with Crippen LogP contribution in [0.15, 0.2) is 36.0 Å². The van der Waals surface area contributed by atoms with E-state index in [0.717, 1.165) is 41.7 Å². The lowest BCUT2D eigenvalue weighted by molar-refractivity contribution is -0.113. The van der Waals surface area contributed by atoms with Crippen molar-refractivity contribution in [2.75, 3.05) is 18.2 Å². The van der Waals surface area contributed by atoms with Gasteiger partial charge >= 0.3 is 5.97 Å². The predicted molar refractivity (Wildman–Crippen MR) is 142 cm³/mol. The summed E-state index contributed by atoms with van der Waals surface area (Å²) in [6.07, 6.45) is 5.59. The van der Waals surface area contributed by atoms with E-state index in [1.54, 1.807) is 12.1 Å². The third-order valence-corrected chi connectivity index (χ3v) is 8.15. The van der Waals surface area contributed by atoms with Gasteiger partial charge in [0.2, 0.25) is 5.91 Å². The lowest BCUT2D eigenvalue weighted by atomic mass is 9.95. The van der Waals surface area contributed by atoms with Gasteiger partial charge in [0, 0.05) is 16.4 Å². The van der Waals surface area contributed by atoms with E-state index < -0.39 is 5.97 Å². The van der Waals surface area contributed by atoms with E-state index in [4.69, 9.17) is 21.1 Å². The van der Waals surface area contributed by atoms with Gasteiger partial charge in [0.15, 0.2) is 11.0 Å². The van der Waals surface area contributed by atoms with Crippen LogP contribution in [0.3, 0.4) is 0 Å². The fourth-order valence-electron chi connectivity index (χ4n) is 4.03. The van der Waals surface area contributed by atoms with Crippen LogP contribution in [0.1, 0.15) is 45.0 Å². The molecular formula is C25H27ClN4O4S2. The quantitative estimate of drug-likeness (QED) is 0.205. The molecule has 1 N–H and O–H groups in total. The SMILES string of the molecule is C=CCn1c(COc2ccc(Cl)cc2C)nnc1SCC(=O)Nc1sc2c(c1C(=O)OC)CCCC2. The molecule has 4 rings (SSSR count). The number of nitrogens with one attached hydrogen (secondary N) is 1. The highest BCUT2D eigenvalue weighted by molar-refractivity contribution is 7.99. The molecule has 1 aliphatic carbocycles. The highest BCUT2D eigenvalue weighted by Crippen LogP contribution is 2.38. The lowest BCUT2D eigenvalue weighted by Gasteiger charge is -2.12. The Morgan fingerprint density at radius 2 is 2.11 bits per heavy atom. The van der Waals surface area contributed by atoms with Crippen molar-refractivity contribution in [1.82, 2.24) is 14.8 Å². The van der Waals surface area contributed by atoms with E-state index >= 15 is 0 Å². The summed E-state index contributed by atoms with van der Waals surface area (Å²) in [6, 6.07) is 5.42. The van der Waals surface area contributed by atoms with Crippen LogP contribution in [0.5, 0.6) is 5.75 Å². The number of thioether (sulfide) groups is 1. The number of allylic oxidation sites excluding steroid dienone is 1. The molecule has 0 aliphatic heterocycles. The van der Waals surface area contributed by atoms with Crippen LogP contribution in [0.2, 0.25) is 5.02 Å². The van der Waals surface area contributed by atoms with E-state index in [0.29, 0.717) is 38.9 Å². The normalized spacial score (nSPS) is 12.6. The minimum atomic E-state index is -0.413. The Hall–Kier alpha value is -2.82. The summed E-state index contributed by atoms with van der Waals surface area (Å²) in [6.45, 7) is 6.42. The Balaban J connectivity index is 1.43. The molecule has 0 radical (unpaired) electrons. The Labute approximate surface area is 223 Å². The van der Waals surface area contributed by atoms with Gasteiger partial charge in [0.05, 0.1) is 18.4 Å². The molecule has 0 spiro atoms. The largest absolute Gasteiger partial charge is 0.485 e. The maximum absolute atomic E-state index is 12.8. The number of anilines is 1. The van der Waals surface area contributed by atoms with Gasteiger partial charge in [0.1, 0.15) is 17.4 Å². The maximum atomic E-state index is 12.8. The summed E-state index contributed by atoms with van der Waals surface area (Å²) in [5, 5.41) is 13.2. The zero-order chi connectivity index (χ0) is 25.7. The molecule has 8 nitrogen and oxygen atoms in total. The second-order valence-corrected chi connectivity index (χ2v) is 10.7. The minimum Gasteiger partial charge on any atom is -0.485 e. The molecule has 0 fully saturated rings. The van der Waals surface area contributed by atoms with Crippen molar-refractivity contribution in [1.29, 1.82) is 0 Å². The molecule has 11 heteroatoms. The third-order valence-electron chi connectivity index (χ3n) is 5.75. The number of methoxy groups -OCH3 is 1. The van der Waals surface area contributed by atoms with Crippen molar-refractivity contribution >= 4 is 51.6 Å². The molecule has 0 atom stereocenters. The second-order valence-electron chi connectivity index (χ2n) is 8.24. The van der Waals surface area contributed by atoms with Crippen LogP contribution >= 0.6 is 34.7 Å². The number of carbonyl (C=O) groups excluding carboxylic acids is 2. The number of hydrogen-bond acceptors (Lipinski definition) is 8. The first-order valence-corrected chi connectivity index (χ1v) is 13.7. The standard InChI is InChI=1S/C25H27ClN4O4S2/c1-4-11-30-20(13-34-18-10-9-16(26)12-15(18)2)28-29-25(30)35-14-21(31)27-23-22(24(32)33-3)17-7-5-6-8-19(17)36-23/h4,9-10,12H,1,5-8,11,13-14H2,2-3H3,(H,27,31). The molecule has 0 bridgehead atoms. The predicted octanol–water partition coefficient (Wildman–Crippen LogP) is 5.46. The monoisotopic (exact) mass is 546 g/mol. The van der Waals surface area contributed by atoms with Crippen molar-refractivity contribution in [2.45, 2.75) is 50.9 Å². The maximum Gasteiger partial charge on any atom is 0.341 e. The van der Waals surface area contributed by atoms with E-state index in [1.807, 2.05) is 23.6 Å². The number of fused-ring (bicyclic) bond motifs is 1. The van der Waals surface area contributed by atoms with E-state index in [-0.39, 0.29) is 18.3 Å². The summed E-state index contributed by atoms with van der Waals surface area (Å²) in [5.41, 5.74) is 2.42. The average Bonchev–Trinajstić information content (AvgIpc) is 3.42. The first-order chi connectivity index (χ1) is 17.4. The van der Waals surface area contributed by atoms with Gasteiger partial charge in [-0.05, 0) is 61.9 Å². The van der Waals surface area contributed by atoms with Crippen molar-refractivity contribution in [3.8, 4) is 5.75 Å². The molecule has 1 aliphatic rings. The van der Waals surface area contributed by atoms with Crippen LogP contribution in [0.25, 0.3) is 0 Å². The number of rotatable bonds is 10. The average molecular weight is 547 g/mol. The molecule has 0 saturated carbocycles. The summed E-state index contributed by atoms with van der Waals surface area (Å²) >= 11 is 8.75. The molecule has 2 aromatic heterocycles. The Kier molecular flexibility index (Phi) is 8.71. The Morgan fingerprint density at radius 3 is 2.86 bits per heavy atom. The highest BCUT2D eigenvalue weighted by Gasteiger charge is 2.27. The van der Waals surface area contributed by atoms with Gasteiger partial charge in [-0.3, -0.25) is 9.36 Å². The number of thiophene rings is 1. The van der Waals surface area contributed by atoms with Crippen LogP contribution in [-0.2, 0) is 35.5 Å². The van der Waals surface area contributed by atoms with Crippen LogP contribution < -0.4 is 10.1 Å². The van der Waals surface area contributed by atoms with Crippen molar-refractivity contribution in [3.05, 3.63) is 63.3 Å². The fraction of sp³-hybridized carbons (Fsp3) is 0.360. The van der Waals surface area contributed by atoms with Crippen LogP contribution in [0, 0.1) is 6.92 Å².